The van der Waals surface area contributed by atoms with Gasteiger partial charge in [0.25, 0.3) is 0 Å². The zero-order chi connectivity index (χ0) is 12.5. The van der Waals surface area contributed by atoms with Gasteiger partial charge in [0.1, 0.15) is 6.07 Å². The van der Waals surface area contributed by atoms with Gasteiger partial charge >= 0.3 is 0 Å². The molecule has 0 saturated carbocycles. The van der Waals surface area contributed by atoms with E-state index in [2.05, 4.69) is 30.2 Å². The van der Waals surface area contributed by atoms with Gasteiger partial charge in [0, 0.05) is 17.9 Å². The van der Waals surface area contributed by atoms with Crippen molar-refractivity contribution >= 4 is 17.4 Å². The van der Waals surface area contributed by atoms with E-state index in [9.17, 15) is 5.26 Å². The van der Waals surface area contributed by atoms with Gasteiger partial charge in [-0.05, 0) is 24.8 Å². The minimum Gasteiger partial charge on any atom is -0.383 e. The zero-order valence-corrected chi connectivity index (χ0v) is 11.0. The first-order valence-electron chi connectivity index (χ1n) is 5.62. The first-order valence-corrected chi connectivity index (χ1v) is 6.61. The Bertz CT molecular complexity index is 463. The summed E-state index contributed by atoms with van der Waals surface area (Å²) in [4.78, 5) is 1.04. The Kier molecular flexibility index (Phi) is 6.07. The fraction of sp³-hybridized carbons (Fsp3) is 0.357. The van der Waals surface area contributed by atoms with E-state index in [1.54, 1.807) is 11.8 Å². The summed E-state index contributed by atoms with van der Waals surface area (Å²) >= 11 is 1.69. The van der Waals surface area contributed by atoms with Gasteiger partial charge in [-0.15, -0.1) is 23.6 Å². The maximum Gasteiger partial charge on any atom is 0.102 e. The number of benzene rings is 1. The maximum absolute atomic E-state index is 9.20. The molecule has 0 spiro atoms. The number of thioether (sulfide) groups is 1. The van der Waals surface area contributed by atoms with E-state index in [0.29, 0.717) is 0 Å². The number of anilines is 1. The number of rotatable bonds is 5. The molecule has 2 nitrogen and oxygen atoms in total. The van der Waals surface area contributed by atoms with E-state index < -0.39 is 0 Å². The topological polar surface area (TPSA) is 35.8 Å². The molecule has 3 heteroatoms. The van der Waals surface area contributed by atoms with Crippen LogP contribution < -0.4 is 5.32 Å². The highest BCUT2D eigenvalue weighted by Gasteiger charge is 2.06. The van der Waals surface area contributed by atoms with Crippen LogP contribution in [0.25, 0.3) is 0 Å². The highest BCUT2D eigenvalue weighted by atomic mass is 32.2. The average Bonchev–Trinajstić information content (AvgIpc) is 2.35. The molecular weight excluding hydrogens is 228 g/mol. The SMILES string of the molecule is CC#CCCNc1cccc(SCC)c1C#N. The van der Waals surface area contributed by atoms with Crippen molar-refractivity contribution in [1.29, 1.82) is 5.26 Å². The molecular formula is C14H16N2S. The van der Waals surface area contributed by atoms with Gasteiger partial charge in [0.2, 0.25) is 0 Å². The summed E-state index contributed by atoms with van der Waals surface area (Å²) in [6, 6.07) is 8.18. The van der Waals surface area contributed by atoms with Crippen LogP contribution >= 0.6 is 11.8 Å². The Balaban J connectivity index is 2.79. The third-order valence-corrected chi connectivity index (χ3v) is 3.12. The summed E-state index contributed by atoms with van der Waals surface area (Å²) in [5.74, 6) is 6.82. The van der Waals surface area contributed by atoms with Crippen molar-refractivity contribution in [3.05, 3.63) is 23.8 Å². The van der Waals surface area contributed by atoms with Crippen molar-refractivity contribution < 1.29 is 0 Å². The molecule has 0 unspecified atom stereocenters. The highest BCUT2D eigenvalue weighted by Crippen LogP contribution is 2.27. The molecule has 0 radical (unpaired) electrons. The predicted molar refractivity (Wildman–Crippen MR) is 74.1 cm³/mol. The van der Waals surface area contributed by atoms with Crippen LogP contribution in [0.15, 0.2) is 23.1 Å². The Morgan fingerprint density at radius 3 is 2.88 bits per heavy atom. The fourth-order valence-electron chi connectivity index (χ4n) is 1.45. The van der Waals surface area contributed by atoms with Crippen LogP contribution in [0.3, 0.4) is 0 Å². The van der Waals surface area contributed by atoms with E-state index in [-0.39, 0.29) is 0 Å². The minimum atomic E-state index is 0.740. The monoisotopic (exact) mass is 244 g/mol. The van der Waals surface area contributed by atoms with Crippen molar-refractivity contribution in [2.45, 2.75) is 25.2 Å². The van der Waals surface area contributed by atoms with Crippen molar-refractivity contribution in [1.82, 2.24) is 0 Å². The van der Waals surface area contributed by atoms with Gasteiger partial charge in [-0.2, -0.15) is 5.26 Å². The summed E-state index contributed by atoms with van der Waals surface area (Å²) in [5, 5.41) is 12.5. The van der Waals surface area contributed by atoms with E-state index in [1.807, 2.05) is 25.1 Å². The van der Waals surface area contributed by atoms with Gasteiger partial charge in [0.15, 0.2) is 0 Å². The second kappa shape index (κ2) is 7.65. The van der Waals surface area contributed by atoms with Gasteiger partial charge in [-0.1, -0.05) is 13.0 Å². The van der Waals surface area contributed by atoms with Crippen LogP contribution in [-0.4, -0.2) is 12.3 Å². The molecule has 0 amide bonds. The summed E-state index contributed by atoms with van der Waals surface area (Å²) in [5.41, 5.74) is 1.65. The van der Waals surface area contributed by atoms with Crippen LogP contribution in [-0.2, 0) is 0 Å². The standard InChI is InChI=1S/C14H16N2S/c1-3-5-6-10-16-13-8-7-9-14(17-4-2)12(13)11-15/h7-9,16H,4,6,10H2,1-2H3. The van der Waals surface area contributed by atoms with Crippen LogP contribution in [0.5, 0.6) is 0 Å². The summed E-state index contributed by atoms with van der Waals surface area (Å²) in [6.07, 6.45) is 0.798. The third kappa shape index (κ3) is 4.06. The third-order valence-electron chi connectivity index (χ3n) is 2.18. The molecule has 1 N–H and O–H groups in total. The fourth-order valence-corrected chi connectivity index (χ4v) is 2.24. The summed E-state index contributed by atoms with van der Waals surface area (Å²) < 4.78 is 0. The van der Waals surface area contributed by atoms with E-state index in [4.69, 9.17) is 0 Å². The number of nitrogens with one attached hydrogen (secondary N) is 1. The lowest BCUT2D eigenvalue weighted by molar-refractivity contribution is 1.09. The van der Waals surface area contributed by atoms with E-state index in [1.165, 1.54) is 0 Å². The lowest BCUT2D eigenvalue weighted by Gasteiger charge is -2.09. The Hall–Kier alpha value is -1.58. The first kappa shape index (κ1) is 13.5. The van der Waals surface area contributed by atoms with Crippen LogP contribution in [0, 0.1) is 23.2 Å². The summed E-state index contributed by atoms with van der Waals surface area (Å²) in [6.45, 7) is 4.69. The molecule has 0 aromatic heterocycles. The molecule has 0 aliphatic heterocycles. The molecule has 17 heavy (non-hydrogen) atoms. The average molecular weight is 244 g/mol. The van der Waals surface area contributed by atoms with Gasteiger partial charge in [-0.3, -0.25) is 0 Å². The van der Waals surface area contributed by atoms with Gasteiger partial charge < -0.3 is 5.32 Å². The van der Waals surface area contributed by atoms with Crippen molar-refractivity contribution in [3.63, 3.8) is 0 Å². The normalized spacial score (nSPS) is 9.00. The quantitative estimate of drug-likeness (QED) is 0.489. The number of nitriles is 1. The molecule has 0 fully saturated rings. The Labute approximate surface area is 107 Å². The molecule has 0 bridgehead atoms. The largest absolute Gasteiger partial charge is 0.383 e. The predicted octanol–water partition coefficient (Wildman–Crippen LogP) is 3.50. The van der Waals surface area contributed by atoms with E-state index >= 15 is 0 Å². The first-order chi connectivity index (χ1) is 8.33. The number of hydrogen-bond donors (Lipinski definition) is 1. The lowest BCUT2D eigenvalue weighted by Crippen LogP contribution is -2.03. The molecule has 0 aliphatic carbocycles. The lowest BCUT2D eigenvalue weighted by atomic mass is 10.2. The highest BCUT2D eigenvalue weighted by molar-refractivity contribution is 7.99. The minimum absolute atomic E-state index is 0.740. The maximum atomic E-state index is 9.20. The zero-order valence-electron chi connectivity index (χ0n) is 10.2. The van der Waals surface area contributed by atoms with Crippen molar-refractivity contribution in [3.8, 4) is 17.9 Å². The van der Waals surface area contributed by atoms with Crippen LogP contribution in [0.2, 0.25) is 0 Å². The number of nitrogens with zero attached hydrogens (tertiary/aromatic N) is 1. The molecule has 0 aliphatic rings. The molecule has 88 valence electrons. The molecule has 1 rings (SSSR count). The van der Waals surface area contributed by atoms with Crippen LogP contribution in [0.1, 0.15) is 25.8 Å². The summed E-state index contributed by atoms with van der Waals surface area (Å²) in [7, 11) is 0. The molecule has 1 aromatic carbocycles. The van der Waals surface area contributed by atoms with Crippen LogP contribution in [0.4, 0.5) is 5.69 Å². The van der Waals surface area contributed by atoms with Crippen molar-refractivity contribution in [2.75, 3.05) is 17.6 Å². The second-order valence-corrected chi connectivity index (χ2v) is 4.63. The molecule has 0 atom stereocenters. The smallest absolute Gasteiger partial charge is 0.102 e. The second-order valence-electron chi connectivity index (χ2n) is 3.33. The Morgan fingerprint density at radius 2 is 2.24 bits per heavy atom. The van der Waals surface area contributed by atoms with Gasteiger partial charge in [-0.25, -0.2) is 0 Å². The number of hydrogen-bond acceptors (Lipinski definition) is 3. The van der Waals surface area contributed by atoms with Crippen molar-refractivity contribution in [2.24, 2.45) is 0 Å². The molecule has 1 aromatic rings. The molecule has 0 heterocycles. The Morgan fingerprint density at radius 1 is 1.41 bits per heavy atom. The van der Waals surface area contributed by atoms with Gasteiger partial charge in [0.05, 0.1) is 11.3 Å². The molecule has 0 saturated heterocycles. The van der Waals surface area contributed by atoms with E-state index in [0.717, 1.165) is 34.9 Å².